The van der Waals surface area contributed by atoms with Crippen molar-refractivity contribution in [1.29, 1.82) is 0 Å². The fourth-order valence-corrected chi connectivity index (χ4v) is 2.12. The molecule has 112 valence electrons. The molecule has 3 N–H and O–H groups in total. The third kappa shape index (κ3) is 4.65. The van der Waals surface area contributed by atoms with Crippen LogP contribution in [0, 0.1) is 0 Å². The highest BCUT2D eigenvalue weighted by Crippen LogP contribution is 2.17. The number of nitrogens with zero attached hydrogens (tertiary/aromatic N) is 1. The second-order valence-electron chi connectivity index (χ2n) is 4.70. The molecule has 0 aromatic rings. The van der Waals surface area contributed by atoms with Gasteiger partial charge in [-0.1, -0.05) is 6.08 Å². The van der Waals surface area contributed by atoms with Gasteiger partial charge in [-0.15, -0.1) is 6.58 Å². The summed E-state index contributed by atoms with van der Waals surface area (Å²) in [6.07, 6.45) is 2.03. The molecule has 1 rings (SSSR count). The predicted octanol–water partition coefficient (Wildman–Crippen LogP) is -0.876. The van der Waals surface area contributed by atoms with Gasteiger partial charge in [0.15, 0.2) is 0 Å². The average Bonchev–Trinajstić information content (AvgIpc) is 2.85. The standard InChI is InChI=1S/C13H21N3O4/c1-3-5-11(18)15-13(20)10-6-4-7-16(10)12(19)8-14-9(2)17/h3,10-11,18H,1,4-8H2,2H3,(H,14,17)(H,15,20). The Balaban J connectivity index is 2.55. The monoisotopic (exact) mass is 283 g/mol. The van der Waals surface area contributed by atoms with E-state index < -0.39 is 12.3 Å². The molecule has 1 fully saturated rings. The second kappa shape index (κ2) is 7.64. The van der Waals surface area contributed by atoms with Crippen LogP contribution >= 0.6 is 0 Å². The van der Waals surface area contributed by atoms with E-state index in [9.17, 15) is 19.5 Å². The zero-order valence-electron chi connectivity index (χ0n) is 11.6. The van der Waals surface area contributed by atoms with E-state index in [0.29, 0.717) is 13.0 Å². The Labute approximate surface area is 118 Å². The zero-order valence-corrected chi connectivity index (χ0v) is 11.6. The van der Waals surface area contributed by atoms with Crippen molar-refractivity contribution in [2.45, 2.75) is 38.5 Å². The maximum Gasteiger partial charge on any atom is 0.244 e. The normalized spacial score (nSPS) is 19.3. The fourth-order valence-electron chi connectivity index (χ4n) is 2.12. The third-order valence-electron chi connectivity index (χ3n) is 3.06. The van der Waals surface area contributed by atoms with Gasteiger partial charge in [-0.3, -0.25) is 14.4 Å². The topological polar surface area (TPSA) is 98.7 Å². The van der Waals surface area contributed by atoms with Gasteiger partial charge in [-0.05, 0) is 12.8 Å². The summed E-state index contributed by atoms with van der Waals surface area (Å²) in [7, 11) is 0. The minimum Gasteiger partial charge on any atom is -0.373 e. The summed E-state index contributed by atoms with van der Waals surface area (Å²) in [5.74, 6) is -0.968. The van der Waals surface area contributed by atoms with Crippen molar-refractivity contribution < 1.29 is 19.5 Å². The van der Waals surface area contributed by atoms with Crippen molar-refractivity contribution in [3.05, 3.63) is 12.7 Å². The Kier molecular flexibility index (Phi) is 6.17. The van der Waals surface area contributed by atoms with Crippen LogP contribution in [0.4, 0.5) is 0 Å². The maximum atomic E-state index is 12.0. The van der Waals surface area contributed by atoms with E-state index in [0.717, 1.165) is 6.42 Å². The summed E-state index contributed by atoms with van der Waals surface area (Å²) in [6, 6.07) is -0.587. The van der Waals surface area contributed by atoms with Crippen LogP contribution in [-0.2, 0) is 14.4 Å². The lowest BCUT2D eigenvalue weighted by Gasteiger charge is -2.25. The summed E-state index contributed by atoms with van der Waals surface area (Å²) in [5.41, 5.74) is 0. The first-order valence-electron chi connectivity index (χ1n) is 6.59. The fraction of sp³-hybridized carbons (Fsp3) is 0.615. The molecule has 0 aromatic carbocycles. The highest BCUT2D eigenvalue weighted by atomic mass is 16.3. The van der Waals surface area contributed by atoms with Crippen molar-refractivity contribution in [2.75, 3.05) is 13.1 Å². The molecule has 7 heteroatoms. The van der Waals surface area contributed by atoms with E-state index in [4.69, 9.17) is 0 Å². The summed E-state index contributed by atoms with van der Waals surface area (Å²) in [6.45, 7) is 5.16. The summed E-state index contributed by atoms with van der Waals surface area (Å²) >= 11 is 0. The van der Waals surface area contributed by atoms with Crippen molar-refractivity contribution >= 4 is 17.7 Å². The lowest BCUT2D eigenvalue weighted by molar-refractivity contribution is -0.139. The molecule has 0 bridgehead atoms. The quantitative estimate of drug-likeness (QED) is 0.435. The number of aliphatic hydroxyl groups excluding tert-OH is 1. The molecule has 3 amide bonds. The molecule has 2 unspecified atom stereocenters. The number of carbonyl (C=O) groups excluding carboxylic acids is 3. The number of nitrogens with one attached hydrogen (secondary N) is 2. The largest absolute Gasteiger partial charge is 0.373 e. The number of hydrogen-bond acceptors (Lipinski definition) is 4. The van der Waals surface area contributed by atoms with Crippen LogP contribution in [0.1, 0.15) is 26.2 Å². The van der Waals surface area contributed by atoms with Gasteiger partial charge >= 0.3 is 0 Å². The highest BCUT2D eigenvalue weighted by Gasteiger charge is 2.34. The van der Waals surface area contributed by atoms with E-state index in [1.54, 1.807) is 0 Å². The highest BCUT2D eigenvalue weighted by molar-refractivity contribution is 5.90. The zero-order chi connectivity index (χ0) is 15.1. The lowest BCUT2D eigenvalue weighted by Crippen LogP contribution is -2.50. The SMILES string of the molecule is C=CCC(O)NC(=O)C1CCCN1C(=O)CNC(C)=O. The number of rotatable bonds is 6. The summed E-state index contributed by atoms with van der Waals surface area (Å²) in [5, 5.41) is 14.4. The Morgan fingerprint density at radius 2 is 2.20 bits per heavy atom. The van der Waals surface area contributed by atoms with Crippen LogP contribution < -0.4 is 10.6 Å². The minimum absolute atomic E-state index is 0.117. The Morgan fingerprint density at radius 3 is 2.80 bits per heavy atom. The van der Waals surface area contributed by atoms with Crippen LogP contribution in [-0.4, -0.2) is 53.1 Å². The van der Waals surface area contributed by atoms with E-state index >= 15 is 0 Å². The molecule has 1 heterocycles. The number of hydrogen-bond donors (Lipinski definition) is 3. The van der Waals surface area contributed by atoms with Gasteiger partial charge in [0, 0.05) is 19.9 Å². The van der Waals surface area contributed by atoms with Crippen LogP contribution in [0.2, 0.25) is 0 Å². The predicted molar refractivity (Wildman–Crippen MR) is 72.4 cm³/mol. The molecule has 0 radical (unpaired) electrons. The van der Waals surface area contributed by atoms with Gasteiger partial charge < -0.3 is 20.6 Å². The Hall–Kier alpha value is -1.89. The van der Waals surface area contributed by atoms with Gasteiger partial charge in [0.1, 0.15) is 12.3 Å². The summed E-state index contributed by atoms with van der Waals surface area (Å²) in [4.78, 5) is 36.2. The van der Waals surface area contributed by atoms with E-state index in [-0.39, 0.29) is 30.7 Å². The molecule has 1 aliphatic rings. The molecule has 7 nitrogen and oxygen atoms in total. The minimum atomic E-state index is -0.993. The third-order valence-corrected chi connectivity index (χ3v) is 3.06. The Bertz CT molecular complexity index is 397. The number of carbonyl (C=O) groups is 3. The molecule has 2 atom stereocenters. The van der Waals surface area contributed by atoms with Crippen molar-refractivity contribution in [3.63, 3.8) is 0 Å². The van der Waals surface area contributed by atoms with E-state index in [2.05, 4.69) is 17.2 Å². The molecule has 0 aliphatic carbocycles. The molecule has 1 saturated heterocycles. The molecule has 0 aromatic heterocycles. The molecule has 20 heavy (non-hydrogen) atoms. The van der Waals surface area contributed by atoms with Crippen molar-refractivity contribution in [1.82, 2.24) is 15.5 Å². The Morgan fingerprint density at radius 1 is 1.50 bits per heavy atom. The molecule has 0 spiro atoms. The molecular formula is C13H21N3O4. The van der Waals surface area contributed by atoms with E-state index in [1.165, 1.54) is 17.9 Å². The summed E-state index contributed by atoms with van der Waals surface area (Å²) < 4.78 is 0. The maximum absolute atomic E-state index is 12.0. The molecule has 0 saturated carbocycles. The first-order valence-corrected chi connectivity index (χ1v) is 6.59. The second-order valence-corrected chi connectivity index (χ2v) is 4.70. The molecular weight excluding hydrogens is 262 g/mol. The van der Waals surface area contributed by atoms with Crippen LogP contribution in [0.15, 0.2) is 12.7 Å². The number of aliphatic hydroxyl groups is 1. The molecule has 1 aliphatic heterocycles. The van der Waals surface area contributed by atoms with Gasteiger partial charge in [0.25, 0.3) is 0 Å². The van der Waals surface area contributed by atoms with Gasteiger partial charge in [-0.25, -0.2) is 0 Å². The van der Waals surface area contributed by atoms with Crippen molar-refractivity contribution in [2.24, 2.45) is 0 Å². The first-order chi connectivity index (χ1) is 9.45. The van der Waals surface area contributed by atoms with Gasteiger partial charge in [0.2, 0.25) is 17.7 Å². The van der Waals surface area contributed by atoms with Crippen LogP contribution in [0.25, 0.3) is 0 Å². The smallest absolute Gasteiger partial charge is 0.244 e. The lowest BCUT2D eigenvalue weighted by atomic mass is 10.2. The number of amides is 3. The number of likely N-dealkylation sites (tertiary alicyclic amines) is 1. The van der Waals surface area contributed by atoms with Crippen LogP contribution in [0.5, 0.6) is 0 Å². The van der Waals surface area contributed by atoms with E-state index in [1.807, 2.05) is 0 Å². The van der Waals surface area contributed by atoms with Gasteiger partial charge in [0.05, 0.1) is 6.54 Å². The van der Waals surface area contributed by atoms with Crippen LogP contribution in [0.3, 0.4) is 0 Å². The first kappa shape index (κ1) is 16.2. The van der Waals surface area contributed by atoms with Crippen molar-refractivity contribution in [3.8, 4) is 0 Å². The average molecular weight is 283 g/mol. The van der Waals surface area contributed by atoms with Gasteiger partial charge in [-0.2, -0.15) is 0 Å².